The van der Waals surface area contributed by atoms with Crippen molar-refractivity contribution >= 4 is 0 Å². The molecule has 0 saturated heterocycles. The lowest BCUT2D eigenvalue weighted by Crippen LogP contribution is -2.41. The van der Waals surface area contributed by atoms with Crippen LogP contribution in [0.4, 0.5) is 0 Å². The molecule has 0 spiro atoms. The van der Waals surface area contributed by atoms with Crippen molar-refractivity contribution in [3.63, 3.8) is 0 Å². The molecule has 0 amide bonds. The summed E-state index contributed by atoms with van der Waals surface area (Å²) in [5.74, 6) is 2.14. The van der Waals surface area contributed by atoms with Crippen molar-refractivity contribution in [3.8, 4) is 0 Å². The second-order valence-electron chi connectivity index (χ2n) is 4.54. The molecule has 0 aliphatic carbocycles. The smallest absolute Gasteiger partial charge is 0.150 e. The van der Waals surface area contributed by atoms with Crippen molar-refractivity contribution in [2.75, 3.05) is 0 Å². The van der Waals surface area contributed by atoms with Crippen LogP contribution in [0.2, 0.25) is 0 Å². The van der Waals surface area contributed by atoms with Crippen molar-refractivity contribution in [1.29, 1.82) is 0 Å². The van der Waals surface area contributed by atoms with Crippen LogP contribution in [-0.4, -0.2) is 26.8 Å². The Morgan fingerprint density at radius 3 is 3.00 bits per heavy atom. The fourth-order valence-corrected chi connectivity index (χ4v) is 2.12. The van der Waals surface area contributed by atoms with Crippen LogP contribution in [0.1, 0.15) is 38.8 Å². The Morgan fingerprint density at radius 1 is 1.53 bits per heavy atom. The summed E-state index contributed by atoms with van der Waals surface area (Å²) in [5, 5.41) is 8.05. The number of hydrogen-bond acceptors (Lipinski definition) is 3. The first-order valence-corrected chi connectivity index (χ1v) is 5.87. The summed E-state index contributed by atoms with van der Waals surface area (Å²) in [4.78, 5) is 4.51. The predicted molar refractivity (Wildman–Crippen MR) is 59.8 cm³/mol. The van der Waals surface area contributed by atoms with Gasteiger partial charge in [0.15, 0.2) is 5.82 Å². The first-order chi connectivity index (χ1) is 7.19. The molecule has 1 atom stereocenters. The van der Waals surface area contributed by atoms with Crippen LogP contribution < -0.4 is 5.32 Å². The van der Waals surface area contributed by atoms with Crippen LogP contribution in [0.3, 0.4) is 0 Å². The number of aryl methyl sites for hydroxylation is 2. The second kappa shape index (κ2) is 4.31. The van der Waals surface area contributed by atoms with Crippen LogP contribution in [0.5, 0.6) is 0 Å². The maximum absolute atomic E-state index is 4.51. The molecule has 1 aromatic heterocycles. The zero-order chi connectivity index (χ0) is 10.8. The molecule has 0 saturated carbocycles. The van der Waals surface area contributed by atoms with Gasteiger partial charge in [0.25, 0.3) is 0 Å². The molecule has 1 unspecified atom stereocenters. The fourth-order valence-electron chi connectivity index (χ4n) is 2.12. The first kappa shape index (κ1) is 10.6. The van der Waals surface area contributed by atoms with Gasteiger partial charge in [-0.1, -0.05) is 20.8 Å². The highest BCUT2D eigenvalue weighted by molar-refractivity contribution is 4.98. The number of nitrogens with zero attached hydrogens (tertiary/aromatic N) is 3. The lowest BCUT2D eigenvalue weighted by Gasteiger charge is -2.25. The van der Waals surface area contributed by atoms with Gasteiger partial charge in [0.1, 0.15) is 5.82 Å². The standard InChI is InChI=1S/C11H20N4/c1-4-10-13-11-6-5-9(12-8(2)3)7-15(11)14-10/h8-9,12H,4-7H2,1-3H3. The molecule has 0 radical (unpaired) electrons. The number of hydrogen-bond donors (Lipinski definition) is 1. The van der Waals surface area contributed by atoms with E-state index in [-0.39, 0.29) is 0 Å². The van der Waals surface area contributed by atoms with Crippen LogP contribution >= 0.6 is 0 Å². The van der Waals surface area contributed by atoms with Crippen molar-refractivity contribution < 1.29 is 0 Å². The molecular formula is C11H20N4. The number of aromatic nitrogens is 3. The van der Waals surface area contributed by atoms with Crippen molar-refractivity contribution in [1.82, 2.24) is 20.1 Å². The van der Waals surface area contributed by atoms with Gasteiger partial charge >= 0.3 is 0 Å². The first-order valence-electron chi connectivity index (χ1n) is 5.87. The highest BCUT2D eigenvalue weighted by Crippen LogP contribution is 2.13. The maximum atomic E-state index is 4.51. The molecule has 1 aromatic rings. The largest absolute Gasteiger partial charge is 0.310 e. The second-order valence-corrected chi connectivity index (χ2v) is 4.54. The van der Waals surface area contributed by atoms with Gasteiger partial charge in [-0.2, -0.15) is 5.10 Å². The summed E-state index contributed by atoms with van der Waals surface area (Å²) in [6.45, 7) is 7.45. The SMILES string of the molecule is CCc1nc2n(n1)CC(NC(C)C)CC2. The monoisotopic (exact) mass is 208 g/mol. The van der Waals surface area contributed by atoms with Gasteiger partial charge in [0.2, 0.25) is 0 Å². The Labute approximate surface area is 91.1 Å². The zero-order valence-electron chi connectivity index (χ0n) is 9.82. The van der Waals surface area contributed by atoms with E-state index in [1.807, 2.05) is 0 Å². The third kappa shape index (κ3) is 2.37. The molecule has 0 bridgehead atoms. The molecular weight excluding hydrogens is 188 g/mol. The highest BCUT2D eigenvalue weighted by Gasteiger charge is 2.21. The van der Waals surface area contributed by atoms with Crippen LogP contribution in [-0.2, 0) is 19.4 Å². The topological polar surface area (TPSA) is 42.7 Å². The molecule has 1 aliphatic heterocycles. The molecule has 2 rings (SSSR count). The summed E-state index contributed by atoms with van der Waals surface area (Å²) in [5.41, 5.74) is 0. The fraction of sp³-hybridized carbons (Fsp3) is 0.818. The van der Waals surface area contributed by atoms with Gasteiger partial charge in [-0.05, 0) is 6.42 Å². The van der Waals surface area contributed by atoms with Crippen LogP contribution in [0, 0.1) is 0 Å². The third-order valence-electron chi connectivity index (χ3n) is 2.79. The Morgan fingerprint density at radius 2 is 2.33 bits per heavy atom. The molecule has 1 aliphatic rings. The minimum Gasteiger partial charge on any atom is -0.310 e. The van der Waals surface area contributed by atoms with Crippen LogP contribution in [0.25, 0.3) is 0 Å². The van der Waals surface area contributed by atoms with E-state index in [0.29, 0.717) is 12.1 Å². The lowest BCUT2D eigenvalue weighted by atomic mass is 10.1. The summed E-state index contributed by atoms with van der Waals surface area (Å²) in [7, 11) is 0. The Hall–Kier alpha value is -0.900. The Balaban J connectivity index is 2.05. The number of rotatable bonds is 3. The van der Waals surface area contributed by atoms with Crippen molar-refractivity contribution in [2.45, 2.75) is 58.7 Å². The third-order valence-corrected chi connectivity index (χ3v) is 2.79. The highest BCUT2D eigenvalue weighted by atomic mass is 15.4. The summed E-state index contributed by atoms with van der Waals surface area (Å²) in [6, 6.07) is 1.11. The van der Waals surface area contributed by atoms with Crippen LogP contribution in [0.15, 0.2) is 0 Å². The van der Waals surface area contributed by atoms with Gasteiger partial charge in [0.05, 0.1) is 6.54 Å². The number of nitrogens with one attached hydrogen (secondary N) is 1. The van der Waals surface area contributed by atoms with Gasteiger partial charge in [0, 0.05) is 24.9 Å². The van der Waals surface area contributed by atoms with E-state index in [2.05, 4.69) is 40.9 Å². The molecule has 1 N–H and O–H groups in total. The van der Waals surface area contributed by atoms with E-state index < -0.39 is 0 Å². The Bertz CT molecular complexity index is 329. The normalized spacial score (nSPS) is 20.7. The predicted octanol–water partition coefficient (Wildman–Crippen LogP) is 1.15. The molecule has 15 heavy (non-hydrogen) atoms. The van der Waals surface area contributed by atoms with E-state index in [0.717, 1.165) is 31.0 Å². The van der Waals surface area contributed by atoms with E-state index in [4.69, 9.17) is 0 Å². The van der Waals surface area contributed by atoms with Crippen molar-refractivity contribution in [2.24, 2.45) is 0 Å². The molecule has 0 fully saturated rings. The van der Waals surface area contributed by atoms with E-state index in [1.54, 1.807) is 0 Å². The summed E-state index contributed by atoms with van der Waals surface area (Å²) >= 11 is 0. The minimum absolute atomic E-state index is 0.547. The lowest BCUT2D eigenvalue weighted by molar-refractivity contribution is 0.339. The molecule has 2 heterocycles. The van der Waals surface area contributed by atoms with Gasteiger partial charge in [-0.25, -0.2) is 9.67 Å². The number of fused-ring (bicyclic) bond motifs is 1. The molecule has 4 heteroatoms. The average Bonchev–Trinajstić information content (AvgIpc) is 2.58. The van der Waals surface area contributed by atoms with Gasteiger partial charge in [-0.15, -0.1) is 0 Å². The van der Waals surface area contributed by atoms with Gasteiger partial charge in [-0.3, -0.25) is 0 Å². The quantitative estimate of drug-likeness (QED) is 0.810. The van der Waals surface area contributed by atoms with E-state index in [1.165, 1.54) is 6.42 Å². The molecule has 84 valence electrons. The van der Waals surface area contributed by atoms with Crippen molar-refractivity contribution in [3.05, 3.63) is 11.6 Å². The van der Waals surface area contributed by atoms with E-state index in [9.17, 15) is 0 Å². The summed E-state index contributed by atoms with van der Waals surface area (Å²) in [6.07, 6.45) is 3.17. The van der Waals surface area contributed by atoms with E-state index >= 15 is 0 Å². The molecule has 0 aromatic carbocycles. The maximum Gasteiger partial charge on any atom is 0.150 e. The molecule has 4 nitrogen and oxygen atoms in total. The zero-order valence-corrected chi connectivity index (χ0v) is 9.82. The summed E-state index contributed by atoms with van der Waals surface area (Å²) < 4.78 is 2.07. The Kier molecular flexibility index (Phi) is 3.05. The van der Waals surface area contributed by atoms with Gasteiger partial charge < -0.3 is 5.32 Å². The average molecular weight is 208 g/mol. The minimum atomic E-state index is 0.547.